The highest BCUT2D eigenvalue weighted by Crippen LogP contribution is 2.38. The summed E-state index contributed by atoms with van der Waals surface area (Å²) < 4.78 is -0.252. The number of likely N-dealkylation sites (N-methyl/N-ethyl adjacent to an activating group) is 2. The molecule has 0 aliphatic carbocycles. The number of nitrogens with one attached hydrogen (secondary N) is 1. The van der Waals surface area contributed by atoms with Crippen LogP contribution in [0.1, 0.15) is 55.4 Å². The zero-order chi connectivity index (χ0) is 23.6. The van der Waals surface area contributed by atoms with Gasteiger partial charge in [0.15, 0.2) is 0 Å². The second-order valence-corrected chi connectivity index (χ2v) is 11.8. The van der Waals surface area contributed by atoms with Crippen molar-refractivity contribution in [3.05, 3.63) is 11.6 Å². The number of hydrogen-bond acceptors (Lipinski definition) is 5. The third-order valence-corrected chi connectivity index (χ3v) is 7.13. The molecule has 3 atom stereocenters. The molecular formula is C22H39N3O4S. The fourth-order valence-corrected chi connectivity index (χ4v) is 4.90. The molecule has 0 radical (unpaired) electrons. The zero-order valence-corrected chi connectivity index (χ0v) is 20.9. The standard InChI is InChI=1S/C22H39N3O4S/c1-13(2)15(11-14(3)20(28)29)25(10)19(27)16(21(4,5)6)23-18(26)17-22(7,8)30-12-24(17)9/h11,13,15-17H,12H2,1-10H3,(H,23,26)(H,28,29)/b14-11+/t15-,16-,17-/m1/s1. The van der Waals surface area contributed by atoms with Crippen LogP contribution in [0.3, 0.4) is 0 Å². The fourth-order valence-electron chi connectivity index (χ4n) is 3.77. The van der Waals surface area contributed by atoms with Crippen molar-refractivity contribution in [1.29, 1.82) is 0 Å². The molecule has 0 aromatic heterocycles. The van der Waals surface area contributed by atoms with Crippen molar-refractivity contribution < 1.29 is 19.5 Å². The molecule has 0 bridgehead atoms. The average molecular weight is 442 g/mol. The lowest BCUT2D eigenvalue weighted by Gasteiger charge is -2.39. The zero-order valence-electron chi connectivity index (χ0n) is 20.1. The summed E-state index contributed by atoms with van der Waals surface area (Å²) in [7, 11) is 3.59. The lowest BCUT2D eigenvalue weighted by atomic mass is 9.84. The number of carbonyl (C=O) groups is 3. The number of carboxylic acids is 1. The molecule has 172 valence electrons. The number of aliphatic carboxylic acids is 1. The van der Waals surface area contributed by atoms with Crippen LogP contribution >= 0.6 is 11.8 Å². The van der Waals surface area contributed by atoms with E-state index in [0.717, 1.165) is 5.88 Å². The Morgan fingerprint density at radius 3 is 2.17 bits per heavy atom. The lowest BCUT2D eigenvalue weighted by molar-refractivity contribution is -0.141. The van der Waals surface area contributed by atoms with E-state index in [1.165, 1.54) is 6.92 Å². The number of amides is 2. The van der Waals surface area contributed by atoms with E-state index in [0.29, 0.717) is 0 Å². The minimum absolute atomic E-state index is 0.0147. The van der Waals surface area contributed by atoms with Crippen LogP contribution in [-0.2, 0) is 14.4 Å². The molecule has 2 N–H and O–H groups in total. The van der Waals surface area contributed by atoms with E-state index in [9.17, 15) is 19.5 Å². The highest BCUT2D eigenvalue weighted by atomic mass is 32.2. The smallest absolute Gasteiger partial charge is 0.331 e. The van der Waals surface area contributed by atoms with Gasteiger partial charge in [0.1, 0.15) is 12.1 Å². The number of thioether (sulfide) groups is 1. The molecule has 7 nitrogen and oxygen atoms in total. The molecular weight excluding hydrogens is 402 g/mol. The largest absolute Gasteiger partial charge is 0.478 e. The Morgan fingerprint density at radius 2 is 1.80 bits per heavy atom. The van der Waals surface area contributed by atoms with E-state index in [2.05, 4.69) is 5.32 Å². The summed E-state index contributed by atoms with van der Waals surface area (Å²) in [5, 5.41) is 12.3. The second-order valence-electron chi connectivity index (χ2n) is 10.2. The number of carbonyl (C=O) groups excluding carboxylic acids is 2. The Balaban J connectivity index is 3.19. The van der Waals surface area contributed by atoms with Crippen LogP contribution in [0.4, 0.5) is 0 Å². The topological polar surface area (TPSA) is 90.0 Å². The van der Waals surface area contributed by atoms with Crippen molar-refractivity contribution >= 4 is 29.5 Å². The van der Waals surface area contributed by atoms with E-state index < -0.39 is 23.5 Å². The summed E-state index contributed by atoms with van der Waals surface area (Å²) in [6.07, 6.45) is 1.61. The summed E-state index contributed by atoms with van der Waals surface area (Å²) in [5.41, 5.74) is -0.321. The van der Waals surface area contributed by atoms with Gasteiger partial charge in [0, 0.05) is 23.2 Å². The first-order valence-electron chi connectivity index (χ1n) is 10.3. The van der Waals surface area contributed by atoms with Gasteiger partial charge in [-0.1, -0.05) is 40.7 Å². The fraction of sp³-hybridized carbons (Fsp3) is 0.773. The second kappa shape index (κ2) is 9.73. The van der Waals surface area contributed by atoms with Gasteiger partial charge in [-0.2, -0.15) is 0 Å². The molecule has 8 heteroatoms. The van der Waals surface area contributed by atoms with Crippen molar-refractivity contribution in [3.63, 3.8) is 0 Å². The minimum Gasteiger partial charge on any atom is -0.478 e. The number of carboxylic acid groups (broad SMARTS) is 1. The van der Waals surface area contributed by atoms with Crippen LogP contribution in [0.25, 0.3) is 0 Å². The van der Waals surface area contributed by atoms with Crippen molar-refractivity contribution in [1.82, 2.24) is 15.1 Å². The third-order valence-electron chi connectivity index (χ3n) is 5.62. The quantitative estimate of drug-likeness (QED) is 0.591. The van der Waals surface area contributed by atoms with E-state index in [-0.39, 0.29) is 34.1 Å². The highest BCUT2D eigenvalue weighted by molar-refractivity contribution is 8.00. The Kier molecular flexibility index (Phi) is 8.59. The average Bonchev–Trinajstić information content (AvgIpc) is 2.87. The maximum atomic E-state index is 13.5. The summed E-state index contributed by atoms with van der Waals surface area (Å²) in [4.78, 5) is 41.6. The lowest BCUT2D eigenvalue weighted by Crippen LogP contribution is -2.60. The normalized spacial score (nSPS) is 22.0. The van der Waals surface area contributed by atoms with Gasteiger partial charge in [-0.25, -0.2) is 4.79 Å². The van der Waals surface area contributed by atoms with Gasteiger partial charge in [0.2, 0.25) is 11.8 Å². The molecule has 0 aromatic carbocycles. The Bertz CT molecular complexity index is 697. The molecule has 0 saturated carbocycles. The number of hydrogen-bond donors (Lipinski definition) is 2. The molecule has 0 spiro atoms. The minimum atomic E-state index is -1.01. The maximum absolute atomic E-state index is 13.5. The van der Waals surface area contributed by atoms with Crippen LogP contribution in [0.5, 0.6) is 0 Å². The number of nitrogens with zero attached hydrogens (tertiary/aromatic N) is 2. The molecule has 1 aliphatic heterocycles. The summed E-state index contributed by atoms with van der Waals surface area (Å²) in [6.45, 7) is 15.3. The van der Waals surface area contributed by atoms with Gasteiger partial charge >= 0.3 is 5.97 Å². The molecule has 30 heavy (non-hydrogen) atoms. The summed E-state index contributed by atoms with van der Waals surface area (Å²) in [6, 6.07) is -1.46. The SMILES string of the molecule is C/C(=C\[C@H](C(C)C)N(C)C(=O)[C@@H](NC(=O)[C@H]1N(C)CSC1(C)C)C(C)(C)C)C(=O)O. The maximum Gasteiger partial charge on any atom is 0.331 e. The third kappa shape index (κ3) is 6.23. The van der Waals surface area contributed by atoms with E-state index in [1.54, 1.807) is 29.8 Å². The van der Waals surface area contributed by atoms with Crippen molar-refractivity contribution in [2.24, 2.45) is 11.3 Å². The molecule has 2 amide bonds. The van der Waals surface area contributed by atoms with Gasteiger partial charge < -0.3 is 15.3 Å². The summed E-state index contributed by atoms with van der Waals surface area (Å²) >= 11 is 1.72. The Labute approximate surface area is 185 Å². The van der Waals surface area contributed by atoms with Gasteiger partial charge in [-0.15, -0.1) is 11.8 Å². The molecule has 1 saturated heterocycles. The van der Waals surface area contributed by atoms with Gasteiger partial charge in [-0.05, 0) is 39.2 Å². The monoisotopic (exact) mass is 441 g/mol. The van der Waals surface area contributed by atoms with Crippen molar-refractivity contribution in [2.75, 3.05) is 20.0 Å². The van der Waals surface area contributed by atoms with Crippen molar-refractivity contribution in [2.45, 2.75) is 78.3 Å². The van der Waals surface area contributed by atoms with Crippen LogP contribution in [-0.4, -0.2) is 75.5 Å². The predicted octanol–water partition coefficient (Wildman–Crippen LogP) is 2.81. The first-order chi connectivity index (χ1) is 13.5. The van der Waals surface area contributed by atoms with E-state index in [4.69, 9.17) is 0 Å². The Hall–Kier alpha value is -1.54. The number of rotatable bonds is 7. The van der Waals surface area contributed by atoms with Crippen LogP contribution < -0.4 is 5.32 Å². The van der Waals surface area contributed by atoms with Crippen LogP contribution in [0, 0.1) is 11.3 Å². The molecule has 0 aromatic rings. The predicted molar refractivity (Wildman–Crippen MR) is 122 cm³/mol. The molecule has 1 rings (SSSR count). The van der Waals surface area contributed by atoms with E-state index >= 15 is 0 Å². The highest BCUT2D eigenvalue weighted by Gasteiger charge is 2.46. The van der Waals surface area contributed by atoms with E-state index in [1.807, 2.05) is 60.4 Å². The van der Waals surface area contributed by atoms with Crippen LogP contribution in [0.15, 0.2) is 11.6 Å². The first-order valence-corrected chi connectivity index (χ1v) is 11.3. The van der Waals surface area contributed by atoms with Gasteiger partial charge in [0.25, 0.3) is 0 Å². The first kappa shape index (κ1) is 26.5. The van der Waals surface area contributed by atoms with Crippen molar-refractivity contribution in [3.8, 4) is 0 Å². The molecule has 1 aliphatic rings. The molecule has 0 unspecified atom stereocenters. The van der Waals surface area contributed by atoms with Gasteiger partial charge in [-0.3, -0.25) is 14.5 Å². The van der Waals surface area contributed by atoms with Gasteiger partial charge in [0.05, 0.1) is 6.04 Å². The molecule has 1 fully saturated rings. The summed E-state index contributed by atoms with van der Waals surface area (Å²) in [5.74, 6) is -0.622. The Morgan fingerprint density at radius 1 is 1.27 bits per heavy atom. The molecule has 1 heterocycles. The van der Waals surface area contributed by atoms with Crippen LogP contribution in [0.2, 0.25) is 0 Å².